The zero-order valence-electron chi connectivity index (χ0n) is 12.7. The second-order valence-electron chi connectivity index (χ2n) is 5.54. The van der Waals surface area contributed by atoms with Gasteiger partial charge in [-0.3, -0.25) is 0 Å². The fraction of sp³-hybridized carbons (Fsp3) is 0.0526. The molecule has 3 nitrogen and oxygen atoms in total. The summed E-state index contributed by atoms with van der Waals surface area (Å²) >= 11 is 1.65. The minimum Gasteiger partial charge on any atom is -0.384 e. The number of thiazole rings is 1. The Morgan fingerprint density at radius 2 is 1.87 bits per heavy atom. The van der Waals surface area contributed by atoms with E-state index in [1.54, 1.807) is 11.3 Å². The summed E-state index contributed by atoms with van der Waals surface area (Å²) < 4.78 is 1.18. The van der Waals surface area contributed by atoms with E-state index >= 15 is 0 Å². The molecule has 0 aliphatic heterocycles. The molecule has 0 aliphatic carbocycles. The summed E-state index contributed by atoms with van der Waals surface area (Å²) in [7, 11) is 0. The summed E-state index contributed by atoms with van der Waals surface area (Å²) in [5.74, 6) is 0.532. The second-order valence-corrected chi connectivity index (χ2v) is 6.42. The van der Waals surface area contributed by atoms with E-state index in [9.17, 15) is 0 Å². The standard InChI is InChI=1S/C19H15N3S/c1-12-3-2-4-14(9-12)19-15(6-8-18(20)22-19)13-5-7-16-17(10-13)23-11-21-16/h2-11H,1H3,(H2,20,22). The number of hydrogen-bond acceptors (Lipinski definition) is 4. The van der Waals surface area contributed by atoms with E-state index in [2.05, 4.69) is 53.3 Å². The number of nitrogens with zero attached hydrogens (tertiary/aromatic N) is 2. The molecule has 2 heterocycles. The van der Waals surface area contributed by atoms with Crippen molar-refractivity contribution < 1.29 is 0 Å². The lowest BCUT2D eigenvalue weighted by Crippen LogP contribution is -1.95. The third kappa shape index (κ3) is 2.58. The Kier molecular flexibility index (Phi) is 3.32. The zero-order valence-corrected chi connectivity index (χ0v) is 13.5. The molecule has 0 atom stereocenters. The Bertz CT molecular complexity index is 1000. The molecule has 23 heavy (non-hydrogen) atoms. The van der Waals surface area contributed by atoms with Crippen molar-refractivity contribution in [1.82, 2.24) is 9.97 Å². The van der Waals surface area contributed by atoms with Gasteiger partial charge in [0.1, 0.15) is 5.82 Å². The highest BCUT2D eigenvalue weighted by molar-refractivity contribution is 7.16. The normalized spacial score (nSPS) is 11.0. The largest absolute Gasteiger partial charge is 0.384 e. The van der Waals surface area contributed by atoms with Crippen molar-refractivity contribution in [3.63, 3.8) is 0 Å². The number of nitrogens with two attached hydrogens (primary N) is 1. The van der Waals surface area contributed by atoms with E-state index in [1.807, 2.05) is 23.7 Å². The van der Waals surface area contributed by atoms with E-state index < -0.39 is 0 Å². The van der Waals surface area contributed by atoms with Crippen molar-refractivity contribution in [2.24, 2.45) is 0 Å². The fourth-order valence-electron chi connectivity index (χ4n) is 2.74. The summed E-state index contributed by atoms with van der Waals surface area (Å²) in [6, 6.07) is 18.5. The van der Waals surface area contributed by atoms with Gasteiger partial charge in [0, 0.05) is 11.1 Å². The van der Waals surface area contributed by atoms with Crippen LogP contribution < -0.4 is 5.73 Å². The Balaban J connectivity index is 1.94. The van der Waals surface area contributed by atoms with Crippen molar-refractivity contribution in [3.8, 4) is 22.4 Å². The third-order valence-corrected chi connectivity index (χ3v) is 4.64. The number of aryl methyl sites for hydroxylation is 1. The van der Waals surface area contributed by atoms with E-state index in [0.717, 1.165) is 27.9 Å². The van der Waals surface area contributed by atoms with Gasteiger partial charge >= 0.3 is 0 Å². The van der Waals surface area contributed by atoms with E-state index in [0.29, 0.717) is 5.82 Å². The number of anilines is 1. The molecule has 0 fully saturated rings. The second kappa shape index (κ2) is 5.48. The van der Waals surface area contributed by atoms with Crippen LogP contribution in [-0.4, -0.2) is 9.97 Å². The number of nitrogen functional groups attached to an aromatic ring is 1. The average molecular weight is 317 g/mol. The summed E-state index contributed by atoms with van der Waals surface area (Å²) in [6.07, 6.45) is 0. The predicted octanol–water partition coefficient (Wildman–Crippen LogP) is 4.92. The van der Waals surface area contributed by atoms with Gasteiger partial charge in [0.15, 0.2) is 0 Å². The van der Waals surface area contributed by atoms with Crippen LogP contribution in [0.4, 0.5) is 5.82 Å². The molecular formula is C19H15N3S. The Labute approximate surface area is 138 Å². The first-order valence-corrected chi connectivity index (χ1v) is 8.26. The summed E-state index contributed by atoms with van der Waals surface area (Å²) in [5, 5.41) is 0. The first-order valence-electron chi connectivity index (χ1n) is 7.38. The maximum atomic E-state index is 5.94. The van der Waals surface area contributed by atoms with Crippen LogP contribution in [0, 0.1) is 6.92 Å². The predicted molar refractivity (Wildman–Crippen MR) is 97.4 cm³/mol. The van der Waals surface area contributed by atoms with Crippen LogP contribution in [0.3, 0.4) is 0 Å². The first-order chi connectivity index (χ1) is 11.2. The summed E-state index contributed by atoms with van der Waals surface area (Å²) in [6.45, 7) is 2.08. The zero-order chi connectivity index (χ0) is 15.8. The van der Waals surface area contributed by atoms with E-state index in [-0.39, 0.29) is 0 Å². The molecule has 2 N–H and O–H groups in total. The van der Waals surface area contributed by atoms with Gasteiger partial charge in [-0.05, 0) is 42.8 Å². The maximum Gasteiger partial charge on any atom is 0.124 e. The van der Waals surface area contributed by atoms with Crippen molar-refractivity contribution in [2.75, 3.05) is 5.73 Å². The average Bonchev–Trinajstić information content (AvgIpc) is 3.02. The van der Waals surface area contributed by atoms with Crippen molar-refractivity contribution in [3.05, 3.63) is 65.7 Å². The van der Waals surface area contributed by atoms with Crippen LogP contribution >= 0.6 is 11.3 Å². The number of aromatic nitrogens is 2. The van der Waals surface area contributed by atoms with Gasteiger partial charge in [0.25, 0.3) is 0 Å². The highest BCUT2D eigenvalue weighted by Crippen LogP contribution is 2.33. The summed E-state index contributed by atoms with van der Waals surface area (Å²) in [5.41, 5.74) is 14.2. The molecule has 0 spiro atoms. The van der Waals surface area contributed by atoms with Gasteiger partial charge in [0.2, 0.25) is 0 Å². The Morgan fingerprint density at radius 3 is 2.74 bits per heavy atom. The van der Waals surface area contributed by atoms with Gasteiger partial charge < -0.3 is 5.73 Å². The molecule has 4 rings (SSSR count). The molecule has 4 heteroatoms. The Hall–Kier alpha value is -2.72. The minimum absolute atomic E-state index is 0.532. The molecule has 0 unspecified atom stereocenters. The van der Waals surface area contributed by atoms with Crippen LogP contribution in [0.15, 0.2) is 60.1 Å². The molecule has 4 aromatic rings. The van der Waals surface area contributed by atoms with Crippen LogP contribution in [0.2, 0.25) is 0 Å². The smallest absolute Gasteiger partial charge is 0.124 e. The van der Waals surface area contributed by atoms with Gasteiger partial charge in [-0.2, -0.15) is 0 Å². The SMILES string of the molecule is Cc1cccc(-c2nc(N)ccc2-c2ccc3ncsc3c2)c1. The molecular weight excluding hydrogens is 302 g/mol. The van der Waals surface area contributed by atoms with Crippen LogP contribution in [0.25, 0.3) is 32.6 Å². The molecule has 112 valence electrons. The van der Waals surface area contributed by atoms with Crippen molar-refractivity contribution >= 4 is 27.4 Å². The topological polar surface area (TPSA) is 51.8 Å². The minimum atomic E-state index is 0.532. The molecule has 2 aromatic carbocycles. The monoisotopic (exact) mass is 317 g/mol. The maximum absolute atomic E-state index is 5.94. The van der Waals surface area contributed by atoms with Gasteiger partial charge in [-0.1, -0.05) is 29.8 Å². The highest BCUT2D eigenvalue weighted by atomic mass is 32.1. The molecule has 0 saturated carbocycles. The van der Waals surface area contributed by atoms with E-state index in [4.69, 9.17) is 5.73 Å². The number of benzene rings is 2. The molecule has 0 amide bonds. The number of rotatable bonds is 2. The fourth-order valence-corrected chi connectivity index (χ4v) is 3.46. The number of pyridine rings is 1. The Morgan fingerprint density at radius 1 is 0.957 bits per heavy atom. The van der Waals surface area contributed by atoms with Crippen molar-refractivity contribution in [2.45, 2.75) is 6.92 Å². The quantitative estimate of drug-likeness (QED) is 0.571. The molecule has 2 aromatic heterocycles. The lowest BCUT2D eigenvalue weighted by atomic mass is 9.98. The first kappa shape index (κ1) is 13.9. The highest BCUT2D eigenvalue weighted by Gasteiger charge is 2.11. The van der Waals surface area contributed by atoms with Gasteiger partial charge in [-0.15, -0.1) is 11.3 Å². The lowest BCUT2D eigenvalue weighted by Gasteiger charge is -2.11. The van der Waals surface area contributed by atoms with Crippen molar-refractivity contribution in [1.29, 1.82) is 0 Å². The van der Waals surface area contributed by atoms with Crippen LogP contribution in [-0.2, 0) is 0 Å². The third-order valence-electron chi connectivity index (χ3n) is 3.85. The van der Waals surface area contributed by atoms with Crippen LogP contribution in [0.5, 0.6) is 0 Å². The molecule has 0 aliphatic rings. The number of fused-ring (bicyclic) bond motifs is 1. The van der Waals surface area contributed by atoms with Gasteiger partial charge in [0.05, 0.1) is 21.4 Å². The van der Waals surface area contributed by atoms with Gasteiger partial charge in [-0.25, -0.2) is 9.97 Å². The molecule has 0 bridgehead atoms. The van der Waals surface area contributed by atoms with Crippen LogP contribution in [0.1, 0.15) is 5.56 Å². The number of hydrogen-bond donors (Lipinski definition) is 1. The summed E-state index contributed by atoms with van der Waals surface area (Å²) in [4.78, 5) is 8.94. The molecule has 0 radical (unpaired) electrons. The lowest BCUT2D eigenvalue weighted by molar-refractivity contribution is 1.32. The molecule has 0 saturated heterocycles. The van der Waals surface area contributed by atoms with E-state index in [1.165, 1.54) is 10.3 Å².